The Balaban J connectivity index is 2.49. The van der Waals surface area contributed by atoms with Crippen LogP contribution in [0.3, 0.4) is 0 Å². The molecule has 3 atom stereocenters. The highest BCUT2D eigenvalue weighted by atomic mass is 127. The molecule has 3 heteroatoms. The molecule has 60 valence electrons. The van der Waals surface area contributed by atoms with Gasteiger partial charge >= 0.3 is 0 Å². The molecule has 10 heavy (non-hydrogen) atoms. The van der Waals surface area contributed by atoms with E-state index >= 15 is 0 Å². The summed E-state index contributed by atoms with van der Waals surface area (Å²) in [4.78, 5) is 0. The average Bonchev–Trinajstić information content (AvgIpc) is 2.14. The van der Waals surface area contributed by atoms with Crippen LogP contribution in [0.4, 0.5) is 0 Å². The number of hydrogen-bond acceptors (Lipinski definition) is 1. The highest BCUT2D eigenvalue weighted by molar-refractivity contribution is 14.1. The number of alkyl halides is 2. The molecule has 1 saturated heterocycles. The standard InChI is InChI=1S/C7H13I2N/c1-4(2)7-6(9)5(8)3-10-7/h4-7,10H,3H2,1-2H3. The Bertz CT molecular complexity index is 116. The third-order valence-electron chi connectivity index (χ3n) is 1.96. The lowest BCUT2D eigenvalue weighted by Crippen LogP contribution is -2.32. The minimum Gasteiger partial charge on any atom is -0.312 e. The fourth-order valence-corrected chi connectivity index (χ4v) is 3.34. The van der Waals surface area contributed by atoms with E-state index in [2.05, 4.69) is 64.3 Å². The summed E-state index contributed by atoms with van der Waals surface area (Å²) in [6.45, 7) is 5.77. The maximum atomic E-state index is 3.54. The molecule has 0 aromatic heterocycles. The molecule has 1 nitrogen and oxygen atoms in total. The highest BCUT2D eigenvalue weighted by Crippen LogP contribution is 2.27. The second kappa shape index (κ2) is 3.89. The Morgan fingerprint density at radius 1 is 1.40 bits per heavy atom. The lowest BCUT2D eigenvalue weighted by molar-refractivity contribution is 0.466. The Morgan fingerprint density at radius 3 is 2.20 bits per heavy atom. The third-order valence-corrected chi connectivity index (χ3v) is 6.19. The maximum Gasteiger partial charge on any atom is 0.0396 e. The van der Waals surface area contributed by atoms with Crippen LogP contribution in [0, 0.1) is 5.92 Å². The van der Waals surface area contributed by atoms with Gasteiger partial charge in [-0.25, -0.2) is 0 Å². The Labute approximate surface area is 90.0 Å². The smallest absolute Gasteiger partial charge is 0.0396 e. The molecular weight excluding hydrogens is 352 g/mol. The predicted molar refractivity (Wildman–Crippen MR) is 62.2 cm³/mol. The molecule has 0 spiro atoms. The first kappa shape index (κ1) is 9.51. The molecule has 0 aliphatic carbocycles. The zero-order valence-corrected chi connectivity index (χ0v) is 10.6. The van der Waals surface area contributed by atoms with Crippen LogP contribution >= 0.6 is 45.2 Å². The molecule has 1 aliphatic rings. The van der Waals surface area contributed by atoms with Crippen molar-refractivity contribution in [2.45, 2.75) is 27.7 Å². The van der Waals surface area contributed by atoms with Gasteiger partial charge in [0.15, 0.2) is 0 Å². The fraction of sp³-hybridized carbons (Fsp3) is 1.00. The summed E-state index contributed by atoms with van der Waals surface area (Å²) in [5, 5.41) is 3.54. The summed E-state index contributed by atoms with van der Waals surface area (Å²) >= 11 is 5.10. The molecule has 3 unspecified atom stereocenters. The Hall–Kier alpha value is 1.42. The van der Waals surface area contributed by atoms with E-state index in [1.165, 1.54) is 6.54 Å². The van der Waals surface area contributed by atoms with Gasteiger partial charge < -0.3 is 5.32 Å². The Kier molecular flexibility index (Phi) is 3.70. The quantitative estimate of drug-likeness (QED) is 0.555. The summed E-state index contributed by atoms with van der Waals surface area (Å²) in [7, 11) is 0. The van der Waals surface area contributed by atoms with Crippen molar-refractivity contribution in [3.05, 3.63) is 0 Å². The topological polar surface area (TPSA) is 12.0 Å². The fourth-order valence-electron chi connectivity index (χ4n) is 1.30. The molecule has 1 N–H and O–H groups in total. The van der Waals surface area contributed by atoms with Gasteiger partial charge in [-0.15, -0.1) is 0 Å². The van der Waals surface area contributed by atoms with Crippen LogP contribution in [0.2, 0.25) is 0 Å². The predicted octanol–water partition coefficient (Wildman–Crippen LogP) is 2.22. The van der Waals surface area contributed by atoms with Gasteiger partial charge in [0, 0.05) is 20.4 Å². The van der Waals surface area contributed by atoms with Gasteiger partial charge in [0.25, 0.3) is 0 Å². The molecular formula is C7H13I2N. The summed E-state index contributed by atoms with van der Waals surface area (Å²) in [6, 6.07) is 0.738. The molecule has 0 radical (unpaired) electrons. The largest absolute Gasteiger partial charge is 0.312 e. The summed E-state index contributed by atoms with van der Waals surface area (Å²) < 4.78 is 1.64. The molecule has 0 amide bonds. The van der Waals surface area contributed by atoms with Gasteiger partial charge in [-0.05, 0) is 5.92 Å². The first-order valence-corrected chi connectivity index (χ1v) is 6.13. The summed E-state index contributed by atoms with van der Waals surface area (Å²) in [5.41, 5.74) is 0. The van der Waals surface area contributed by atoms with Crippen molar-refractivity contribution >= 4 is 45.2 Å². The van der Waals surface area contributed by atoms with Crippen LogP contribution < -0.4 is 5.32 Å². The number of nitrogens with one attached hydrogen (secondary N) is 1. The van der Waals surface area contributed by atoms with E-state index in [1.54, 1.807) is 0 Å². The minimum absolute atomic E-state index is 0.738. The van der Waals surface area contributed by atoms with E-state index in [0.717, 1.165) is 19.8 Å². The van der Waals surface area contributed by atoms with Crippen molar-refractivity contribution in [3.8, 4) is 0 Å². The molecule has 1 fully saturated rings. The van der Waals surface area contributed by atoms with Gasteiger partial charge in [0.2, 0.25) is 0 Å². The molecule has 0 bridgehead atoms. The van der Waals surface area contributed by atoms with E-state index in [-0.39, 0.29) is 0 Å². The van der Waals surface area contributed by atoms with Crippen LogP contribution in [-0.2, 0) is 0 Å². The first-order valence-electron chi connectivity index (χ1n) is 3.64. The van der Waals surface area contributed by atoms with E-state index < -0.39 is 0 Å². The average molecular weight is 365 g/mol. The molecule has 0 saturated carbocycles. The molecule has 1 rings (SSSR count). The van der Waals surface area contributed by atoms with Crippen molar-refractivity contribution < 1.29 is 0 Å². The lowest BCUT2D eigenvalue weighted by atomic mass is 10.0. The van der Waals surface area contributed by atoms with E-state index in [1.807, 2.05) is 0 Å². The van der Waals surface area contributed by atoms with Crippen molar-refractivity contribution in [1.29, 1.82) is 0 Å². The van der Waals surface area contributed by atoms with Crippen molar-refractivity contribution in [1.82, 2.24) is 5.32 Å². The number of halogens is 2. The maximum absolute atomic E-state index is 3.54. The third kappa shape index (κ3) is 1.97. The monoisotopic (exact) mass is 365 g/mol. The second-order valence-corrected chi connectivity index (χ2v) is 6.18. The zero-order chi connectivity index (χ0) is 7.72. The van der Waals surface area contributed by atoms with Crippen molar-refractivity contribution in [3.63, 3.8) is 0 Å². The molecule has 0 aromatic rings. The normalized spacial score (nSPS) is 41.1. The van der Waals surface area contributed by atoms with Crippen LogP contribution in [0.15, 0.2) is 0 Å². The van der Waals surface area contributed by atoms with Crippen molar-refractivity contribution in [2.24, 2.45) is 5.92 Å². The molecule has 0 aromatic carbocycles. The van der Waals surface area contributed by atoms with E-state index in [4.69, 9.17) is 0 Å². The van der Waals surface area contributed by atoms with Crippen molar-refractivity contribution in [2.75, 3.05) is 6.54 Å². The van der Waals surface area contributed by atoms with Crippen LogP contribution in [-0.4, -0.2) is 20.4 Å². The zero-order valence-electron chi connectivity index (χ0n) is 6.27. The van der Waals surface area contributed by atoms with E-state index in [0.29, 0.717) is 0 Å². The second-order valence-electron chi connectivity index (χ2n) is 3.14. The number of rotatable bonds is 1. The highest BCUT2D eigenvalue weighted by Gasteiger charge is 2.33. The molecule has 1 heterocycles. The molecule has 1 aliphatic heterocycles. The summed E-state index contributed by atoms with van der Waals surface area (Å²) in [6.07, 6.45) is 0. The lowest BCUT2D eigenvalue weighted by Gasteiger charge is -2.18. The van der Waals surface area contributed by atoms with Gasteiger partial charge in [-0.3, -0.25) is 0 Å². The SMILES string of the molecule is CC(C)C1NCC(I)C1I. The minimum atomic E-state index is 0.738. The van der Waals surface area contributed by atoms with Gasteiger partial charge in [0.1, 0.15) is 0 Å². The summed E-state index contributed by atoms with van der Waals surface area (Å²) in [5.74, 6) is 0.779. The van der Waals surface area contributed by atoms with E-state index in [9.17, 15) is 0 Å². The van der Waals surface area contributed by atoms with Gasteiger partial charge in [-0.2, -0.15) is 0 Å². The number of hydrogen-bond donors (Lipinski definition) is 1. The Morgan fingerprint density at radius 2 is 2.00 bits per heavy atom. The van der Waals surface area contributed by atoms with Gasteiger partial charge in [-0.1, -0.05) is 59.0 Å². The van der Waals surface area contributed by atoms with Crippen LogP contribution in [0.5, 0.6) is 0 Å². The first-order chi connectivity index (χ1) is 4.63. The van der Waals surface area contributed by atoms with Crippen LogP contribution in [0.25, 0.3) is 0 Å². The van der Waals surface area contributed by atoms with Gasteiger partial charge in [0.05, 0.1) is 0 Å². The van der Waals surface area contributed by atoms with Crippen LogP contribution in [0.1, 0.15) is 13.8 Å².